The van der Waals surface area contributed by atoms with E-state index in [9.17, 15) is 8.78 Å². The van der Waals surface area contributed by atoms with E-state index in [0.29, 0.717) is 18.4 Å². The van der Waals surface area contributed by atoms with E-state index in [1.165, 1.54) is 6.20 Å². The number of nitriles is 1. The lowest BCUT2D eigenvalue weighted by molar-refractivity contribution is -0.0384. The van der Waals surface area contributed by atoms with Gasteiger partial charge in [-0.2, -0.15) is 5.26 Å². The van der Waals surface area contributed by atoms with Crippen molar-refractivity contribution < 1.29 is 8.78 Å². The molecule has 0 spiro atoms. The van der Waals surface area contributed by atoms with E-state index in [2.05, 4.69) is 4.98 Å². The quantitative estimate of drug-likeness (QED) is 0.731. The third kappa shape index (κ3) is 2.35. The lowest BCUT2D eigenvalue weighted by Gasteiger charge is -2.27. The third-order valence-electron chi connectivity index (χ3n) is 3.05. The Hall–Kier alpha value is -1.50. The molecule has 84 valence electrons. The van der Waals surface area contributed by atoms with Gasteiger partial charge in [0.1, 0.15) is 6.07 Å². The molecule has 2 rings (SSSR count). The monoisotopic (exact) mass is 222 g/mol. The average Bonchev–Trinajstić information content (AvgIpc) is 2.29. The minimum Gasteiger partial charge on any atom is -0.260 e. The topological polar surface area (TPSA) is 36.7 Å². The molecule has 0 amide bonds. The molecular weight excluding hydrogens is 210 g/mol. The van der Waals surface area contributed by atoms with Crippen molar-refractivity contribution in [2.45, 2.75) is 37.5 Å². The number of pyridine rings is 1. The van der Waals surface area contributed by atoms with Gasteiger partial charge in [-0.05, 0) is 25.0 Å². The highest BCUT2D eigenvalue weighted by atomic mass is 19.3. The number of hydrogen-bond acceptors (Lipinski definition) is 2. The van der Waals surface area contributed by atoms with Crippen molar-refractivity contribution in [1.82, 2.24) is 4.98 Å². The highest BCUT2D eigenvalue weighted by Gasteiger charge is 2.35. The molecule has 1 saturated carbocycles. The summed E-state index contributed by atoms with van der Waals surface area (Å²) in [5.74, 6) is -2.38. The standard InChI is InChI=1S/C12H12F2N2/c13-12(14)5-3-10(4-6-12)11-2-1-9(7-15)8-16-11/h1-2,8,10H,3-6H2. The van der Waals surface area contributed by atoms with Crippen molar-refractivity contribution in [3.8, 4) is 6.07 Å². The van der Waals surface area contributed by atoms with Gasteiger partial charge in [0.15, 0.2) is 0 Å². The van der Waals surface area contributed by atoms with Crippen molar-refractivity contribution >= 4 is 0 Å². The maximum absolute atomic E-state index is 12.9. The molecule has 0 N–H and O–H groups in total. The first-order chi connectivity index (χ1) is 7.61. The minimum atomic E-state index is -2.50. The molecule has 0 bridgehead atoms. The SMILES string of the molecule is N#Cc1ccc(C2CCC(F)(F)CC2)nc1. The summed E-state index contributed by atoms with van der Waals surface area (Å²) in [4.78, 5) is 4.15. The van der Waals surface area contributed by atoms with Crippen LogP contribution in [0.1, 0.15) is 42.9 Å². The highest BCUT2D eigenvalue weighted by molar-refractivity contribution is 5.27. The minimum absolute atomic E-state index is 0.0562. The molecule has 1 heterocycles. The van der Waals surface area contributed by atoms with Crippen molar-refractivity contribution in [2.75, 3.05) is 0 Å². The molecular formula is C12H12F2N2. The van der Waals surface area contributed by atoms with Crippen LogP contribution in [0.15, 0.2) is 18.3 Å². The molecule has 0 aliphatic heterocycles. The van der Waals surface area contributed by atoms with E-state index < -0.39 is 5.92 Å². The molecule has 0 unspecified atom stereocenters. The predicted octanol–water partition coefficient (Wildman–Crippen LogP) is 3.25. The fraction of sp³-hybridized carbons (Fsp3) is 0.500. The third-order valence-corrected chi connectivity index (χ3v) is 3.05. The molecule has 1 aliphatic rings. The van der Waals surface area contributed by atoms with E-state index >= 15 is 0 Å². The van der Waals surface area contributed by atoms with Gasteiger partial charge in [0.05, 0.1) is 5.56 Å². The van der Waals surface area contributed by atoms with Crippen molar-refractivity contribution in [2.24, 2.45) is 0 Å². The molecule has 0 radical (unpaired) electrons. The number of aromatic nitrogens is 1. The van der Waals surface area contributed by atoms with Crippen LogP contribution in [0.5, 0.6) is 0 Å². The normalized spacial score (nSPS) is 20.3. The molecule has 0 aromatic carbocycles. The molecule has 0 atom stereocenters. The summed E-state index contributed by atoms with van der Waals surface area (Å²) in [6.45, 7) is 0. The van der Waals surface area contributed by atoms with Gasteiger partial charge >= 0.3 is 0 Å². The van der Waals surface area contributed by atoms with Crippen LogP contribution in [0.25, 0.3) is 0 Å². The Morgan fingerprint density at radius 3 is 2.50 bits per heavy atom. The Bertz CT molecular complexity index is 396. The molecule has 1 fully saturated rings. The Balaban J connectivity index is 2.06. The summed E-state index contributed by atoms with van der Waals surface area (Å²) >= 11 is 0. The summed E-state index contributed by atoms with van der Waals surface area (Å²) in [6, 6.07) is 5.45. The molecule has 16 heavy (non-hydrogen) atoms. The first-order valence-electron chi connectivity index (χ1n) is 5.35. The fourth-order valence-electron chi connectivity index (χ4n) is 2.05. The zero-order valence-electron chi connectivity index (χ0n) is 8.79. The fourth-order valence-corrected chi connectivity index (χ4v) is 2.05. The average molecular weight is 222 g/mol. The Morgan fingerprint density at radius 1 is 1.31 bits per heavy atom. The number of nitrogens with zero attached hydrogens (tertiary/aromatic N) is 2. The van der Waals surface area contributed by atoms with Gasteiger partial charge < -0.3 is 0 Å². The van der Waals surface area contributed by atoms with Crippen LogP contribution in [0.2, 0.25) is 0 Å². The molecule has 4 heteroatoms. The summed E-state index contributed by atoms with van der Waals surface area (Å²) in [5.41, 5.74) is 1.33. The lowest BCUT2D eigenvalue weighted by atomic mass is 9.84. The second-order valence-corrected chi connectivity index (χ2v) is 4.21. The van der Waals surface area contributed by atoms with Crippen LogP contribution in [0.4, 0.5) is 8.78 Å². The first kappa shape index (κ1) is 11.0. The van der Waals surface area contributed by atoms with Gasteiger partial charge in [-0.3, -0.25) is 4.98 Å². The number of rotatable bonds is 1. The Kier molecular flexibility index (Phi) is 2.86. The van der Waals surface area contributed by atoms with E-state index in [-0.39, 0.29) is 18.8 Å². The summed E-state index contributed by atoms with van der Waals surface area (Å²) in [5, 5.41) is 8.62. The number of halogens is 2. The first-order valence-corrected chi connectivity index (χ1v) is 5.35. The Labute approximate surface area is 92.9 Å². The zero-order valence-corrected chi connectivity index (χ0v) is 8.79. The van der Waals surface area contributed by atoms with E-state index in [1.54, 1.807) is 12.1 Å². The van der Waals surface area contributed by atoms with E-state index in [0.717, 1.165) is 5.69 Å². The number of hydrogen-bond donors (Lipinski definition) is 0. The van der Waals surface area contributed by atoms with Crippen LogP contribution in [0.3, 0.4) is 0 Å². The van der Waals surface area contributed by atoms with Gasteiger partial charge in [0.25, 0.3) is 0 Å². The van der Waals surface area contributed by atoms with E-state index in [4.69, 9.17) is 5.26 Å². The maximum atomic E-state index is 12.9. The van der Waals surface area contributed by atoms with Gasteiger partial charge in [0, 0.05) is 30.7 Å². The summed E-state index contributed by atoms with van der Waals surface area (Å²) in [6.07, 6.45) is 2.35. The van der Waals surface area contributed by atoms with Gasteiger partial charge in [-0.25, -0.2) is 8.78 Å². The van der Waals surface area contributed by atoms with Crippen LogP contribution in [0, 0.1) is 11.3 Å². The second kappa shape index (κ2) is 4.17. The van der Waals surface area contributed by atoms with Crippen LogP contribution in [-0.2, 0) is 0 Å². The van der Waals surface area contributed by atoms with Crippen LogP contribution >= 0.6 is 0 Å². The maximum Gasteiger partial charge on any atom is 0.248 e. The van der Waals surface area contributed by atoms with Gasteiger partial charge in [-0.15, -0.1) is 0 Å². The van der Waals surface area contributed by atoms with Crippen molar-refractivity contribution in [1.29, 1.82) is 5.26 Å². The smallest absolute Gasteiger partial charge is 0.248 e. The predicted molar refractivity (Wildman–Crippen MR) is 55.1 cm³/mol. The van der Waals surface area contributed by atoms with Crippen LogP contribution in [-0.4, -0.2) is 10.9 Å². The highest BCUT2D eigenvalue weighted by Crippen LogP contribution is 2.40. The summed E-state index contributed by atoms with van der Waals surface area (Å²) in [7, 11) is 0. The second-order valence-electron chi connectivity index (χ2n) is 4.21. The van der Waals surface area contributed by atoms with Gasteiger partial charge in [0.2, 0.25) is 5.92 Å². The zero-order chi connectivity index (χ0) is 11.6. The van der Waals surface area contributed by atoms with Crippen molar-refractivity contribution in [3.05, 3.63) is 29.6 Å². The molecule has 0 saturated heterocycles. The molecule has 1 aliphatic carbocycles. The summed E-state index contributed by atoms with van der Waals surface area (Å²) < 4.78 is 25.9. The molecule has 1 aromatic heterocycles. The molecule has 1 aromatic rings. The van der Waals surface area contributed by atoms with E-state index in [1.807, 2.05) is 6.07 Å². The molecule has 2 nitrogen and oxygen atoms in total. The largest absolute Gasteiger partial charge is 0.260 e. The van der Waals surface area contributed by atoms with Crippen LogP contribution < -0.4 is 0 Å². The van der Waals surface area contributed by atoms with Gasteiger partial charge in [-0.1, -0.05) is 0 Å². The number of alkyl halides is 2. The lowest BCUT2D eigenvalue weighted by Crippen LogP contribution is -2.24. The Morgan fingerprint density at radius 2 is 2.00 bits per heavy atom. The van der Waals surface area contributed by atoms with Crippen molar-refractivity contribution in [3.63, 3.8) is 0 Å².